The molecule has 2 amide bonds. The molecule has 0 bridgehead atoms. The van der Waals surface area contributed by atoms with Crippen LogP contribution in [-0.2, 0) is 17.6 Å². The number of carbonyl (C=O) groups excluding carboxylic acids is 2. The average molecular weight is 350 g/mol. The minimum Gasteiger partial charge on any atom is -0.325 e. The summed E-state index contributed by atoms with van der Waals surface area (Å²) in [4.78, 5) is 28.2. The van der Waals surface area contributed by atoms with Gasteiger partial charge in [-0.1, -0.05) is 18.2 Å². The first-order valence-corrected chi connectivity index (χ1v) is 8.78. The topological polar surface area (TPSA) is 83.5 Å². The van der Waals surface area contributed by atoms with Gasteiger partial charge >= 0.3 is 0 Å². The summed E-state index contributed by atoms with van der Waals surface area (Å²) in [6.07, 6.45) is 6.08. The third kappa shape index (κ3) is 4.53. The number of nitrogens with one attached hydrogen (secondary N) is 2. The zero-order chi connectivity index (χ0) is 18.4. The third-order valence-corrected chi connectivity index (χ3v) is 4.33. The van der Waals surface area contributed by atoms with Crippen molar-refractivity contribution in [1.29, 1.82) is 0 Å². The molecule has 26 heavy (non-hydrogen) atoms. The van der Waals surface area contributed by atoms with E-state index in [-0.39, 0.29) is 18.0 Å². The van der Waals surface area contributed by atoms with Crippen molar-refractivity contribution in [2.75, 3.05) is 5.32 Å². The number of nitrogens with zero attached hydrogens (tertiary/aromatic N) is 2. The van der Waals surface area contributed by atoms with Gasteiger partial charge < -0.3 is 5.32 Å². The number of aryl methyl sites for hydroxylation is 1. The van der Waals surface area contributed by atoms with Gasteiger partial charge in [0.15, 0.2) is 0 Å². The maximum Gasteiger partial charge on any atom is 0.289 e. The predicted molar refractivity (Wildman–Crippen MR) is 101 cm³/mol. The molecule has 0 saturated carbocycles. The van der Waals surface area contributed by atoms with Crippen molar-refractivity contribution in [3.8, 4) is 0 Å². The highest BCUT2D eigenvalue weighted by molar-refractivity contribution is 6.06. The van der Waals surface area contributed by atoms with Crippen LogP contribution < -0.4 is 10.7 Å². The maximum absolute atomic E-state index is 12.3. The number of carbonyl (C=O) groups is 2. The Morgan fingerprint density at radius 1 is 1.12 bits per heavy atom. The molecule has 6 heteroatoms. The van der Waals surface area contributed by atoms with E-state index >= 15 is 0 Å². The van der Waals surface area contributed by atoms with Gasteiger partial charge in [-0.25, -0.2) is 5.43 Å². The normalized spacial score (nSPS) is 13.7. The van der Waals surface area contributed by atoms with Crippen LogP contribution in [0.5, 0.6) is 0 Å². The number of fused-ring (bicyclic) bond motifs is 1. The Bertz CT molecular complexity index is 831. The number of anilines is 1. The molecule has 3 rings (SSSR count). The van der Waals surface area contributed by atoms with E-state index in [9.17, 15) is 9.59 Å². The van der Waals surface area contributed by atoms with Gasteiger partial charge in [-0.15, -0.1) is 0 Å². The molecular weight excluding hydrogens is 328 g/mol. The lowest BCUT2D eigenvalue weighted by atomic mass is 9.90. The second kappa shape index (κ2) is 8.38. The van der Waals surface area contributed by atoms with Crippen LogP contribution in [0.15, 0.2) is 47.7 Å². The molecule has 1 aromatic heterocycles. The average Bonchev–Trinajstić information content (AvgIpc) is 2.67. The van der Waals surface area contributed by atoms with Gasteiger partial charge in [-0.2, -0.15) is 5.10 Å². The van der Waals surface area contributed by atoms with Crippen molar-refractivity contribution in [2.24, 2.45) is 5.10 Å². The highest BCUT2D eigenvalue weighted by atomic mass is 16.2. The molecule has 1 heterocycles. The molecule has 1 aromatic carbocycles. The fourth-order valence-electron chi connectivity index (χ4n) is 3.07. The Hall–Kier alpha value is -3.02. The van der Waals surface area contributed by atoms with Crippen LogP contribution in [0.25, 0.3) is 0 Å². The van der Waals surface area contributed by atoms with Gasteiger partial charge in [0, 0.05) is 17.6 Å². The number of pyridine rings is 1. The second-order valence-corrected chi connectivity index (χ2v) is 6.38. The predicted octanol–water partition coefficient (Wildman–Crippen LogP) is 3.09. The van der Waals surface area contributed by atoms with Gasteiger partial charge in [-0.3, -0.25) is 14.6 Å². The summed E-state index contributed by atoms with van der Waals surface area (Å²) in [6.45, 7) is 1.71. The molecule has 0 atom stereocenters. The lowest BCUT2D eigenvalue weighted by molar-refractivity contribution is -0.115. The standard InChI is InChI=1S/C20H22N4O2/c1-14(23-24-20(26)18-10-4-5-12-21-18)13-19(25)22-17-11-6-8-15-7-2-3-9-16(15)17/h4-6,8,10-12H,2-3,7,9,13H2,1H3,(H,22,25)(H,24,26)/b23-14-. The molecule has 0 aliphatic heterocycles. The van der Waals surface area contributed by atoms with Gasteiger partial charge in [0.1, 0.15) is 5.69 Å². The van der Waals surface area contributed by atoms with Gasteiger partial charge in [0.05, 0.1) is 6.42 Å². The molecule has 0 unspecified atom stereocenters. The van der Waals surface area contributed by atoms with E-state index < -0.39 is 5.91 Å². The number of hydrazone groups is 1. The molecule has 0 spiro atoms. The fraction of sp³-hybridized carbons (Fsp3) is 0.300. The quantitative estimate of drug-likeness (QED) is 0.642. The van der Waals surface area contributed by atoms with Crippen LogP contribution >= 0.6 is 0 Å². The van der Waals surface area contributed by atoms with Crippen LogP contribution in [0.2, 0.25) is 0 Å². The summed E-state index contributed by atoms with van der Waals surface area (Å²) in [5.74, 6) is -0.542. The molecule has 0 saturated heterocycles. The minimum absolute atomic E-state index is 0.117. The first-order chi connectivity index (χ1) is 12.6. The molecule has 2 N–H and O–H groups in total. The number of hydrogen-bond donors (Lipinski definition) is 2. The number of benzene rings is 1. The first-order valence-electron chi connectivity index (χ1n) is 8.78. The smallest absolute Gasteiger partial charge is 0.289 e. The Balaban J connectivity index is 1.57. The number of rotatable bonds is 5. The van der Waals surface area contributed by atoms with Crippen molar-refractivity contribution in [3.05, 3.63) is 59.4 Å². The molecule has 0 radical (unpaired) electrons. The summed E-state index contributed by atoms with van der Waals surface area (Å²) < 4.78 is 0. The van der Waals surface area contributed by atoms with E-state index in [0.717, 1.165) is 24.9 Å². The fourth-order valence-corrected chi connectivity index (χ4v) is 3.07. The van der Waals surface area contributed by atoms with E-state index in [1.54, 1.807) is 31.3 Å². The van der Waals surface area contributed by atoms with E-state index in [0.29, 0.717) is 5.71 Å². The van der Waals surface area contributed by atoms with Crippen LogP contribution in [0.3, 0.4) is 0 Å². The Kier molecular flexibility index (Phi) is 5.73. The molecule has 134 valence electrons. The first kappa shape index (κ1) is 17.8. The highest BCUT2D eigenvalue weighted by Gasteiger charge is 2.15. The van der Waals surface area contributed by atoms with Gasteiger partial charge in [-0.05, 0) is 61.9 Å². The van der Waals surface area contributed by atoms with Crippen molar-refractivity contribution in [1.82, 2.24) is 10.4 Å². The zero-order valence-corrected chi connectivity index (χ0v) is 14.8. The number of aromatic nitrogens is 1. The maximum atomic E-state index is 12.3. The lowest BCUT2D eigenvalue weighted by Crippen LogP contribution is -2.22. The van der Waals surface area contributed by atoms with Gasteiger partial charge in [0.25, 0.3) is 5.91 Å². The van der Waals surface area contributed by atoms with Crippen molar-refractivity contribution in [2.45, 2.75) is 39.0 Å². The Morgan fingerprint density at radius 3 is 2.77 bits per heavy atom. The number of hydrogen-bond acceptors (Lipinski definition) is 4. The molecule has 6 nitrogen and oxygen atoms in total. The molecule has 0 fully saturated rings. The van der Waals surface area contributed by atoms with E-state index in [2.05, 4.69) is 26.9 Å². The molecule has 2 aromatic rings. The van der Waals surface area contributed by atoms with Crippen molar-refractivity contribution in [3.63, 3.8) is 0 Å². The van der Waals surface area contributed by atoms with Gasteiger partial charge in [0.2, 0.25) is 5.91 Å². The summed E-state index contributed by atoms with van der Waals surface area (Å²) in [6, 6.07) is 11.1. The van der Waals surface area contributed by atoms with E-state index in [4.69, 9.17) is 0 Å². The Labute approximate surface area is 152 Å². The third-order valence-electron chi connectivity index (χ3n) is 4.33. The zero-order valence-electron chi connectivity index (χ0n) is 14.8. The Morgan fingerprint density at radius 2 is 1.96 bits per heavy atom. The van der Waals surface area contributed by atoms with E-state index in [1.807, 2.05) is 12.1 Å². The van der Waals surface area contributed by atoms with Crippen LogP contribution in [0.1, 0.15) is 47.8 Å². The second-order valence-electron chi connectivity index (χ2n) is 6.38. The molecular formula is C20H22N4O2. The highest BCUT2D eigenvalue weighted by Crippen LogP contribution is 2.27. The summed E-state index contributed by atoms with van der Waals surface area (Å²) in [7, 11) is 0. The van der Waals surface area contributed by atoms with Crippen LogP contribution in [0.4, 0.5) is 5.69 Å². The van der Waals surface area contributed by atoms with Crippen LogP contribution in [0, 0.1) is 0 Å². The number of amides is 2. The minimum atomic E-state index is -0.400. The van der Waals surface area contributed by atoms with Crippen molar-refractivity contribution < 1.29 is 9.59 Å². The summed E-state index contributed by atoms with van der Waals surface area (Å²) in [5, 5.41) is 6.96. The monoisotopic (exact) mass is 350 g/mol. The lowest BCUT2D eigenvalue weighted by Gasteiger charge is -2.19. The molecule has 1 aliphatic carbocycles. The van der Waals surface area contributed by atoms with E-state index in [1.165, 1.54) is 17.5 Å². The largest absolute Gasteiger partial charge is 0.325 e. The molecule has 1 aliphatic rings. The van der Waals surface area contributed by atoms with Crippen molar-refractivity contribution >= 4 is 23.2 Å². The summed E-state index contributed by atoms with van der Waals surface area (Å²) >= 11 is 0. The SMILES string of the molecule is C/C(CC(=O)Nc1cccc2c1CCCC2)=N/NC(=O)c1ccccn1. The van der Waals surface area contributed by atoms with Crippen LogP contribution in [-0.4, -0.2) is 22.5 Å². The summed E-state index contributed by atoms with van der Waals surface area (Å²) in [5.41, 5.74) is 6.68.